The Kier molecular flexibility index (Phi) is 3.60. The van der Waals surface area contributed by atoms with E-state index in [1.54, 1.807) is 22.3 Å². The van der Waals surface area contributed by atoms with Gasteiger partial charge in [-0.3, -0.25) is 4.68 Å². The molecule has 3 aromatic heterocycles. The number of rotatable bonds is 2. The second kappa shape index (κ2) is 5.77. The predicted octanol–water partition coefficient (Wildman–Crippen LogP) is 1.84. The van der Waals surface area contributed by atoms with E-state index in [4.69, 9.17) is 0 Å². The Bertz CT molecular complexity index is 824. The normalized spacial score (nSPS) is 16.1. The number of thiazole rings is 1. The molecule has 4 heterocycles. The quantitative estimate of drug-likeness (QED) is 0.715. The molecule has 1 fully saturated rings. The summed E-state index contributed by atoms with van der Waals surface area (Å²) in [6, 6.07) is 0. The van der Waals surface area contributed by atoms with Crippen molar-refractivity contribution in [1.82, 2.24) is 24.7 Å². The number of aromatic nitrogens is 5. The fourth-order valence-corrected chi connectivity index (χ4v) is 3.87. The first-order valence-corrected chi connectivity index (χ1v) is 8.65. The van der Waals surface area contributed by atoms with Crippen LogP contribution in [0.4, 0.5) is 10.9 Å². The van der Waals surface area contributed by atoms with Crippen LogP contribution in [0.3, 0.4) is 0 Å². The summed E-state index contributed by atoms with van der Waals surface area (Å²) in [5, 5.41) is 8.57. The van der Waals surface area contributed by atoms with Crippen LogP contribution < -0.4 is 9.80 Å². The van der Waals surface area contributed by atoms with E-state index in [9.17, 15) is 0 Å². The van der Waals surface area contributed by atoms with Gasteiger partial charge in [0, 0.05) is 38.6 Å². The van der Waals surface area contributed by atoms with E-state index in [0.717, 1.165) is 60.3 Å². The lowest BCUT2D eigenvalue weighted by molar-refractivity contribution is 0.782. The van der Waals surface area contributed by atoms with Crippen molar-refractivity contribution >= 4 is 33.3 Å². The third-order valence-corrected chi connectivity index (χ3v) is 5.20. The molecule has 1 aliphatic heterocycles. The SMILES string of the molecule is Cc1csc(N2CCCN(c3ncnc4c3cnn4C)CC2)n1. The summed E-state index contributed by atoms with van der Waals surface area (Å²) in [5.74, 6) is 0.986. The molecule has 7 nitrogen and oxygen atoms in total. The zero-order valence-electron chi connectivity index (χ0n) is 13.3. The average Bonchev–Trinajstić information content (AvgIpc) is 3.06. The lowest BCUT2D eigenvalue weighted by Crippen LogP contribution is -2.31. The minimum Gasteiger partial charge on any atom is -0.354 e. The van der Waals surface area contributed by atoms with E-state index in [2.05, 4.69) is 35.2 Å². The van der Waals surface area contributed by atoms with Gasteiger partial charge in [-0.2, -0.15) is 5.10 Å². The highest BCUT2D eigenvalue weighted by atomic mass is 32.1. The molecule has 1 saturated heterocycles. The molecule has 4 rings (SSSR count). The first kappa shape index (κ1) is 14.4. The Labute approximate surface area is 138 Å². The molecule has 0 atom stereocenters. The molecule has 120 valence electrons. The van der Waals surface area contributed by atoms with E-state index >= 15 is 0 Å². The van der Waals surface area contributed by atoms with Crippen LogP contribution in [-0.4, -0.2) is 50.9 Å². The van der Waals surface area contributed by atoms with E-state index < -0.39 is 0 Å². The highest BCUT2D eigenvalue weighted by Crippen LogP contribution is 2.25. The molecule has 0 saturated carbocycles. The first-order chi connectivity index (χ1) is 11.2. The van der Waals surface area contributed by atoms with E-state index in [1.165, 1.54) is 0 Å². The second-order valence-corrected chi connectivity index (χ2v) is 6.64. The standard InChI is InChI=1S/C15H19N7S/c1-11-9-23-15(19-11)22-5-3-4-21(6-7-22)14-12-8-18-20(2)13(12)16-10-17-14/h8-10H,3-7H2,1-2H3. The molecule has 0 bridgehead atoms. The largest absolute Gasteiger partial charge is 0.354 e. The summed E-state index contributed by atoms with van der Waals surface area (Å²) in [4.78, 5) is 18.2. The van der Waals surface area contributed by atoms with Gasteiger partial charge < -0.3 is 9.80 Å². The van der Waals surface area contributed by atoms with Gasteiger partial charge in [-0.25, -0.2) is 15.0 Å². The topological polar surface area (TPSA) is 63.0 Å². The van der Waals surface area contributed by atoms with Crippen LogP contribution in [0.2, 0.25) is 0 Å². The first-order valence-electron chi connectivity index (χ1n) is 7.77. The molecule has 0 aromatic carbocycles. The Hall–Kier alpha value is -2.22. The lowest BCUT2D eigenvalue weighted by atomic mass is 10.3. The maximum Gasteiger partial charge on any atom is 0.185 e. The minimum absolute atomic E-state index is 0.881. The number of hydrogen-bond donors (Lipinski definition) is 0. The van der Waals surface area contributed by atoms with Gasteiger partial charge in [-0.05, 0) is 13.3 Å². The molecule has 0 aliphatic carbocycles. The smallest absolute Gasteiger partial charge is 0.185 e. The maximum absolute atomic E-state index is 4.61. The number of fused-ring (bicyclic) bond motifs is 1. The van der Waals surface area contributed by atoms with Gasteiger partial charge >= 0.3 is 0 Å². The molecule has 8 heteroatoms. The molecular weight excluding hydrogens is 310 g/mol. The Morgan fingerprint density at radius 1 is 1.09 bits per heavy atom. The zero-order valence-corrected chi connectivity index (χ0v) is 14.1. The molecule has 23 heavy (non-hydrogen) atoms. The van der Waals surface area contributed by atoms with Gasteiger partial charge in [0.05, 0.1) is 17.3 Å². The van der Waals surface area contributed by atoms with Crippen LogP contribution in [0.25, 0.3) is 11.0 Å². The number of hydrogen-bond acceptors (Lipinski definition) is 7. The van der Waals surface area contributed by atoms with Crippen molar-refractivity contribution in [3.05, 3.63) is 23.6 Å². The van der Waals surface area contributed by atoms with Gasteiger partial charge in [-0.1, -0.05) is 0 Å². The summed E-state index contributed by atoms with van der Waals surface area (Å²) in [5.41, 5.74) is 1.98. The molecule has 0 N–H and O–H groups in total. The van der Waals surface area contributed by atoms with Gasteiger partial charge in [-0.15, -0.1) is 11.3 Å². The maximum atomic E-state index is 4.61. The van der Waals surface area contributed by atoms with Crippen molar-refractivity contribution in [2.24, 2.45) is 7.05 Å². The average molecular weight is 329 g/mol. The van der Waals surface area contributed by atoms with Crippen molar-refractivity contribution in [3.8, 4) is 0 Å². The molecule has 3 aromatic rings. The van der Waals surface area contributed by atoms with Crippen molar-refractivity contribution in [2.75, 3.05) is 36.0 Å². The molecule has 0 unspecified atom stereocenters. The summed E-state index contributed by atoms with van der Waals surface area (Å²) in [6.07, 6.45) is 4.58. The summed E-state index contributed by atoms with van der Waals surface area (Å²) >= 11 is 1.73. The van der Waals surface area contributed by atoms with Crippen LogP contribution in [0.5, 0.6) is 0 Å². The Morgan fingerprint density at radius 2 is 1.91 bits per heavy atom. The Balaban J connectivity index is 1.58. The van der Waals surface area contributed by atoms with E-state index in [0.29, 0.717) is 0 Å². The molecule has 0 spiro atoms. The van der Waals surface area contributed by atoms with Gasteiger partial charge in [0.15, 0.2) is 10.8 Å². The number of anilines is 2. The van der Waals surface area contributed by atoms with Gasteiger partial charge in [0.1, 0.15) is 12.1 Å². The van der Waals surface area contributed by atoms with Crippen LogP contribution in [-0.2, 0) is 7.05 Å². The minimum atomic E-state index is 0.881. The monoisotopic (exact) mass is 329 g/mol. The van der Waals surface area contributed by atoms with Crippen LogP contribution in [0.1, 0.15) is 12.1 Å². The van der Waals surface area contributed by atoms with Crippen molar-refractivity contribution in [1.29, 1.82) is 0 Å². The van der Waals surface area contributed by atoms with Crippen LogP contribution in [0.15, 0.2) is 17.9 Å². The highest BCUT2D eigenvalue weighted by molar-refractivity contribution is 7.13. The van der Waals surface area contributed by atoms with Gasteiger partial charge in [0.25, 0.3) is 0 Å². The van der Waals surface area contributed by atoms with Crippen molar-refractivity contribution in [2.45, 2.75) is 13.3 Å². The third-order valence-electron chi connectivity index (χ3n) is 4.18. The van der Waals surface area contributed by atoms with Crippen LogP contribution in [0, 0.1) is 6.92 Å². The Morgan fingerprint density at radius 3 is 2.74 bits per heavy atom. The zero-order chi connectivity index (χ0) is 15.8. The molecule has 0 amide bonds. The predicted molar refractivity (Wildman–Crippen MR) is 92.2 cm³/mol. The lowest BCUT2D eigenvalue weighted by Gasteiger charge is -2.22. The highest BCUT2D eigenvalue weighted by Gasteiger charge is 2.20. The van der Waals surface area contributed by atoms with Gasteiger partial charge in [0.2, 0.25) is 0 Å². The summed E-state index contributed by atoms with van der Waals surface area (Å²) in [6.45, 7) is 5.95. The van der Waals surface area contributed by atoms with Crippen molar-refractivity contribution < 1.29 is 0 Å². The van der Waals surface area contributed by atoms with E-state index in [1.807, 2.05) is 20.2 Å². The molecule has 1 aliphatic rings. The van der Waals surface area contributed by atoms with Crippen LogP contribution >= 0.6 is 11.3 Å². The number of nitrogens with zero attached hydrogens (tertiary/aromatic N) is 7. The fraction of sp³-hybridized carbons (Fsp3) is 0.467. The number of aryl methyl sites for hydroxylation is 2. The second-order valence-electron chi connectivity index (χ2n) is 5.80. The fourth-order valence-electron chi connectivity index (χ4n) is 3.01. The van der Waals surface area contributed by atoms with Crippen molar-refractivity contribution in [3.63, 3.8) is 0 Å². The van der Waals surface area contributed by atoms with E-state index in [-0.39, 0.29) is 0 Å². The summed E-state index contributed by atoms with van der Waals surface area (Å²) < 4.78 is 1.79. The molecular formula is C15H19N7S. The summed E-state index contributed by atoms with van der Waals surface area (Å²) in [7, 11) is 1.91. The third kappa shape index (κ3) is 2.63. The molecule has 0 radical (unpaired) electrons.